The van der Waals surface area contributed by atoms with Gasteiger partial charge < -0.3 is 25.6 Å². The zero-order valence-electron chi connectivity index (χ0n) is 14.6. The number of imidazole rings is 1. The predicted octanol–water partition coefficient (Wildman–Crippen LogP) is -0.0386. The van der Waals surface area contributed by atoms with Gasteiger partial charge in [-0.3, -0.25) is 13.6 Å². The first-order chi connectivity index (χ1) is 12.9. The number of unbranched alkanes of at least 4 members (excludes halogenated alkanes) is 1. The molecule has 13 heteroatoms. The molecule has 3 heterocycles. The Balaban J connectivity index is 1.81. The van der Waals surface area contributed by atoms with Gasteiger partial charge in [0.05, 0.1) is 19.5 Å². The van der Waals surface area contributed by atoms with Gasteiger partial charge in [-0.15, -0.1) is 0 Å². The third-order valence-corrected chi connectivity index (χ3v) is 5.18. The molecule has 0 bridgehead atoms. The van der Waals surface area contributed by atoms with Gasteiger partial charge in [-0.1, -0.05) is 13.3 Å². The fourth-order valence-electron chi connectivity index (χ4n) is 2.79. The van der Waals surface area contributed by atoms with E-state index in [0.29, 0.717) is 17.6 Å². The van der Waals surface area contributed by atoms with Crippen LogP contribution >= 0.6 is 7.82 Å². The van der Waals surface area contributed by atoms with E-state index >= 15 is 0 Å². The molecule has 2 aromatic heterocycles. The zero-order chi connectivity index (χ0) is 19.6. The average Bonchev–Trinajstić information content (AvgIpc) is 3.18. The third kappa shape index (κ3) is 4.11. The van der Waals surface area contributed by atoms with Crippen molar-refractivity contribution in [3.8, 4) is 0 Å². The second-order valence-electron chi connectivity index (χ2n) is 6.05. The number of nitrogen functional groups attached to an aromatic ring is 1. The number of hydrogen-bond donors (Lipinski definition) is 4. The summed E-state index contributed by atoms with van der Waals surface area (Å²) in [4.78, 5) is 21.9. The van der Waals surface area contributed by atoms with Crippen molar-refractivity contribution in [1.82, 2.24) is 19.5 Å². The summed E-state index contributed by atoms with van der Waals surface area (Å²) in [5.41, 5.74) is 6.36. The van der Waals surface area contributed by atoms with Crippen molar-refractivity contribution in [2.24, 2.45) is 0 Å². The quantitative estimate of drug-likeness (QED) is 0.344. The van der Waals surface area contributed by atoms with Gasteiger partial charge in [-0.2, -0.15) is 0 Å². The summed E-state index contributed by atoms with van der Waals surface area (Å²) in [7, 11) is -4.44. The SMILES string of the molecule is CCCCOP(=O)(O)O[C@@H]1[C@H](O)[C@@H](n2cnc3c(N)ncnc32)O[C@H]1CO. The lowest BCUT2D eigenvalue weighted by atomic mass is 10.1. The maximum absolute atomic E-state index is 12.1. The normalized spacial score (nSPS) is 27.9. The number of ether oxygens (including phenoxy) is 1. The molecule has 0 radical (unpaired) electrons. The molecule has 0 aliphatic carbocycles. The van der Waals surface area contributed by atoms with Gasteiger partial charge in [-0.25, -0.2) is 19.5 Å². The van der Waals surface area contributed by atoms with Crippen LogP contribution in [0.5, 0.6) is 0 Å². The molecule has 27 heavy (non-hydrogen) atoms. The molecule has 12 nitrogen and oxygen atoms in total. The Morgan fingerprint density at radius 1 is 1.41 bits per heavy atom. The van der Waals surface area contributed by atoms with E-state index in [9.17, 15) is 19.7 Å². The second-order valence-corrected chi connectivity index (χ2v) is 7.45. The second kappa shape index (κ2) is 8.15. The monoisotopic (exact) mass is 403 g/mol. The minimum atomic E-state index is -4.44. The van der Waals surface area contributed by atoms with Crippen molar-refractivity contribution in [3.05, 3.63) is 12.7 Å². The summed E-state index contributed by atoms with van der Waals surface area (Å²) in [6.07, 6.45) is -0.894. The minimum Gasteiger partial charge on any atom is -0.394 e. The van der Waals surface area contributed by atoms with Crippen LogP contribution in [-0.4, -0.2) is 66.2 Å². The Morgan fingerprint density at radius 3 is 2.89 bits per heavy atom. The van der Waals surface area contributed by atoms with Crippen molar-refractivity contribution in [2.75, 3.05) is 18.9 Å². The molecule has 150 valence electrons. The number of hydrogen-bond acceptors (Lipinski definition) is 10. The Morgan fingerprint density at radius 2 is 2.19 bits per heavy atom. The van der Waals surface area contributed by atoms with Crippen LogP contribution in [0.2, 0.25) is 0 Å². The Labute approximate surface area is 154 Å². The first-order valence-corrected chi connectivity index (χ1v) is 9.90. The molecule has 1 saturated heterocycles. The molecular weight excluding hydrogens is 381 g/mol. The predicted molar refractivity (Wildman–Crippen MR) is 92.3 cm³/mol. The molecule has 0 spiro atoms. The number of nitrogens with two attached hydrogens (primary N) is 1. The largest absolute Gasteiger partial charge is 0.472 e. The van der Waals surface area contributed by atoms with Gasteiger partial charge >= 0.3 is 7.82 Å². The summed E-state index contributed by atoms with van der Waals surface area (Å²) in [5.74, 6) is 0.155. The summed E-state index contributed by atoms with van der Waals surface area (Å²) in [5, 5.41) is 20.2. The number of anilines is 1. The molecule has 0 amide bonds. The number of phosphoric acid groups is 1. The highest BCUT2D eigenvalue weighted by atomic mass is 31.2. The summed E-state index contributed by atoms with van der Waals surface area (Å²) < 4.78 is 29.1. The highest BCUT2D eigenvalue weighted by molar-refractivity contribution is 7.47. The van der Waals surface area contributed by atoms with Crippen LogP contribution < -0.4 is 5.73 Å². The molecule has 2 aromatic rings. The molecule has 3 rings (SSSR count). The highest BCUT2D eigenvalue weighted by Crippen LogP contribution is 2.48. The van der Waals surface area contributed by atoms with Crippen LogP contribution in [0.15, 0.2) is 12.7 Å². The molecule has 5 N–H and O–H groups in total. The van der Waals surface area contributed by atoms with E-state index in [2.05, 4.69) is 15.0 Å². The number of fused-ring (bicyclic) bond motifs is 1. The van der Waals surface area contributed by atoms with Crippen molar-refractivity contribution in [3.63, 3.8) is 0 Å². The number of aromatic nitrogens is 4. The Bertz CT molecular complexity index is 833. The van der Waals surface area contributed by atoms with E-state index in [1.54, 1.807) is 0 Å². The number of aliphatic hydroxyl groups excluding tert-OH is 2. The van der Waals surface area contributed by atoms with Crippen LogP contribution in [0.4, 0.5) is 5.82 Å². The molecule has 1 unspecified atom stereocenters. The zero-order valence-corrected chi connectivity index (χ0v) is 15.5. The molecule has 1 aliphatic rings. The van der Waals surface area contributed by atoms with E-state index < -0.39 is 39.0 Å². The van der Waals surface area contributed by atoms with E-state index in [-0.39, 0.29) is 12.4 Å². The smallest absolute Gasteiger partial charge is 0.394 e. The van der Waals surface area contributed by atoms with Crippen molar-refractivity contribution >= 4 is 24.8 Å². The first-order valence-electron chi connectivity index (χ1n) is 8.41. The topological polar surface area (TPSA) is 175 Å². The van der Waals surface area contributed by atoms with Crippen molar-refractivity contribution in [1.29, 1.82) is 0 Å². The molecule has 0 saturated carbocycles. The summed E-state index contributed by atoms with van der Waals surface area (Å²) in [6.45, 7) is 1.39. The van der Waals surface area contributed by atoms with Crippen LogP contribution in [-0.2, 0) is 18.3 Å². The van der Waals surface area contributed by atoms with Gasteiger partial charge in [-0.05, 0) is 6.42 Å². The first kappa shape index (κ1) is 20.1. The van der Waals surface area contributed by atoms with Crippen LogP contribution in [0.25, 0.3) is 11.2 Å². The summed E-state index contributed by atoms with van der Waals surface area (Å²) in [6, 6.07) is 0. The molecule has 5 atom stereocenters. The summed E-state index contributed by atoms with van der Waals surface area (Å²) >= 11 is 0. The van der Waals surface area contributed by atoms with Crippen molar-refractivity contribution < 1.29 is 33.5 Å². The Hall–Kier alpha value is -1.66. The molecule has 1 fully saturated rings. The van der Waals surface area contributed by atoms with Crippen molar-refractivity contribution in [2.45, 2.75) is 44.3 Å². The Kier molecular flexibility index (Phi) is 6.06. The highest BCUT2D eigenvalue weighted by Gasteiger charge is 2.49. The number of aliphatic hydroxyl groups is 2. The third-order valence-electron chi connectivity index (χ3n) is 4.16. The molecular formula is C14H22N5O7P. The van der Waals surface area contributed by atoms with Crippen LogP contribution in [0.3, 0.4) is 0 Å². The lowest BCUT2D eigenvalue weighted by molar-refractivity contribution is -0.0511. The maximum atomic E-state index is 12.1. The van der Waals surface area contributed by atoms with E-state index in [4.69, 9.17) is 19.5 Å². The molecule has 1 aliphatic heterocycles. The number of nitrogens with zero attached hydrogens (tertiary/aromatic N) is 4. The van der Waals surface area contributed by atoms with Gasteiger partial charge in [0.2, 0.25) is 0 Å². The van der Waals surface area contributed by atoms with E-state index in [0.717, 1.165) is 6.42 Å². The van der Waals surface area contributed by atoms with Gasteiger partial charge in [0.25, 0.3) is 0 Å². The maximum Gasteiger partial charge on any atom is 0.472 e. The number of phosphoric ester groups is 1. The fraction of sp³-hybridized carbons (Fsp3) is 0.643. The average molecular weight is 403 g/mol. The van der Waals surface area contributed by atoms with E-state index in [1.807, 2.05) is 6.92 Å². The molecule has 0 aromatic carbocycles. The lowest BCUT2D eigenvalue weighted by Gasteiger charge is -2.22. The number of rotatable bonds is 8. The standard InChI is InChI=1S/C14H22N5O7P/c1-2-3-4-24-27(22,23)26-11-8(5-20)25-14(10(11)21)19-7-18-9-12(15)16-6-17-13(9)19/h6-8,10-11,14,20-21H,2-5H2,1H3,(H,22,23)(H2,15,16,17)/t8-,10-,11-,14-/m0/s1. The van der Waals surface area contributed by atoms with Crippen LogP contribution in [0, 0.1) is 0 Å². The van der Waals surface area contributed by atoms with Gasteiger partial charge in [0, 0.05) is 0 Å². The minimum absolute atomic E-state index is 0.0313. The van der Waals surface area contributed by atoms with E-state index in [1.165, 1.54) is 17.2 Å². The lowest BCUT2D eigenvalue weighted by Crippen LogP contribution is -2.35. The van der Waals surface area contributed by atoms with Crippen LogP contribution in [0.1, 0.15) is 26.0 Å². The van der Waals surface area contributed by atoms with Gasteiger partial charge in [0.15, 0.2) is 17.7 Å². The van der Waals surface area contributed by atoms with Gasteiger partial charge in [0.1, 0.15) is 30.2 Å². The fourth-order valence-corrected chi connectivity index (χ4v) is 3.78.